The zero-order chi connectivity index (χ0) is 10.7. The lowest BCUT2D eigenvalue weighted by molar-refractivity contribution is 0.0965. The summed E-state index contributed by atoms with van der Waals surface area (Å²) in [5, 5.41) is 7.20. The number of hydrogen-bond donors (Lipinski definition) is 1. The molecule has 0 fully saturated rings. The van der Waals surface area contributed by atoms with Gasteiger partial charge in [-0.3, -0.25) is 9.78 Å². The smallest absolute Gasteiger partial charge is 0.306 e. The van der Waals surface area contributed by atoms with Crippen LogP contribution < -0.4 is 5.73 Å². The molecule has 0 unspecified atom stereocenters. The molecule has 6 heteroatoms. The number of amides is 1. The van der Waals surface area contributed by atoms with Crippen molar-refractivity contribution in [3.63, 3.8) is 0 Å². The van der Waals surface area contributed by atoms with E-state index in [0.717, 1.165) is 5.56 Å². The molecule has 0 bridgehead atoms. The van der Waals surface area contributed by atoms with Gasteiger partial charge in [-0.1, -0.05) is 0 Å². The molecule has 1 amide bonds. The van der Waals surface area contributed by atoms with Crippen LogP contribution in [0.2, 0.25) is 0 Å². The molecule has 76 valence electrons. The number of aromatic nitrogens is 3. The standard InChI is InChI=1S/C9H8N4O2/c10-8(14)9-13-12-7(15-9)5-6-1-3-11-4-2-6/h1-4H,5H2,(H2,10,14). The van der Waals surface area contributed by atoms with Crippen LogP contribution in [0.25, 0.3) is 0 Å². The lowest BCUT2D eigenvalue weighted by Crippen LogP contribution is -2.11. The number of hydrogen-bond acceptors (Lipinski definition) is 5. The fourth-order valence-corrected chi connectivity index (χ4v) is 1.10. The van der Waals surface area contributed by atoms with Crippen molar-refractivity contribution < 1.29 is 9.21 Å². The van der Waals surface area contributed by atoms with Gasteiger partial charge in [-0.05, 0) is 17.7 Å². The summed E-state index contributed by atoms with van der Waals surface area (Å²) >= 11 is 0. The Labute approximate surface area is 85.1 Å². The highest BCUT2D eigenvalue weighted by Crippen LogP contribution is 2.06. The summed E-state index contributed by atoms with van der Waals surface area (Å²) in [6.07, 6.45) is 3.80. The molecule has 2 aromatic rings. The van der Waals surface area contributed by atoms with Gasteiger partial charge in [-0.15, -0.1) is 10.2 Å². The minimum Gasteiger partial charge on any atom is -0.417 e. The molecule has 2 N–H and O–H groups in total. The van der Waals surface area contributed by atoms with Crippen molar-refractivity contribution in [1.82, 2.24) is 15.2 Å². The van der Waals surface area contributed by atoms with E-state index in [9.17, 15) is 4.79 Å². The highest BCUT2D eigenvalue weighted by atomic mass is 16.4. The fourth-order valence-electron chi connectivity index (χ4n) is 1.10. The van der Waals surface area contributed by atoms with Crippen molar-refractivity contribution in [2.24, 2.45) is 5.73 Å². The topological polar surface area (TPSA) is 94.9 Å². The zero-order valence-corrected chi connectivity index (χ0v) is 7.75. The maximum absolute atomic E-state index is 10.7. The van der Waals surface area contributed by atoms with Crippen LogP contribution in [0.1, 0.15) is 22.1 Å². The molecular weight excluding hydrogens is 196 g/mol. The Morgan fingerprint density at radius 1 is 1.33 bits per heavy atom. The van der Waals surface area contributed by atoms with E-state index in [2.05, 4.69) is 15.2 Å². The van der Waals surface area contributed by atoms with Crippen molar-refractivity contribution in [3.05, 3.63) is 41.9 Å². The lowest BCUT2D eigenvalue weighted by Gasteiger charge is -1.93. The Hall–Kier alpha value is -2.24. The molecule has 0 radical (unpaired) electrons. The van der Waals surface area contributed by atoms with Crippen LogP contribution in [0, 0.1) is 0 Å². The van der Waals surface area contributed by atoms with E-state index in [0.29, 0.717) is 12.3 Å². The Balaban J connectivity index is 2.15. The predicted molar refractivity (Wildman–Crippen MR) is 49.9 cm³/mol. The van der Waals surface area contributed by atoms with E-state index < -0.39 is 5.91 Å². The molecule has 6 nitrogen and oxygen atoms in total. The molecule has 15 heavy (non-hydrogen) atoms. The number of rotatable bonds is 3. The van der Waals surface area contributed by atoms with Gasteiger partial charge in [0.25, 0.3) is 0 Å². The molecule has 0 saturated carbocycles. The minimum absolute atomic E-state index is 0.168. The fraction of sp³-hybridized carbons (Fsp3) is 0.111. The Morgan fingerprint density at radius 2 is 2.07 bits per heavy atom. The Morgan fingerprint density at radius 3 is 2.67 bits per heavy atom. The Bertz CT molecular complexity index is 466. The van der Waals surface area contributed by atoms with Crippen molar-refractivity contribution in [1.29, 1.82) is 0 Å². The molecule has 0 atom stereocenters. The average molecular weight is 204 g/mol. The Kier molecular flexibility index (Phi) is 2.40. The third-order valence-electron chi connectivity index (χ3n) is 1.78. The summed E-state index contributed by atoms with van der Waals surface area (Å²) < 4.78 is 5.03. The number of carbonyl (C=O) groups excluding carboxylic acids is 1. The lowest BCUT2D eigenvalue weighted by atomic mass is 10.2. The SMILES string of the molecule is NC(=O)c1nnc(Cc2ccncc2)o1. The number of primary amides is 1. The first kappa shape index (κ1) is 9.32. The van der Waals surface area contributed by atoms with Crippen molar-refractivity contribution in [3.8, 4) is 0 Å². The number of nitrogens with two attached hydrogens (primary N) is 1. The first-order chi connectivity index (χ1) is 7.25. The third-order valence-corrected chi connectivity index (χ3v) is 1.78. The van der Waals surface area contributed by atoms with Gasteiger partial charge in [0.1, 0.15) is 0 Å². The van der Waals surface area contributed by atoms with Gasteiger partial charge in [-0.2, -0.15) is 0 Å². The van der Waals surface area contributed by atoms with Gasteiger partial charge in [0.2, 0.25) is 5.89 Å². The van der Waals surface area contributed by atoms with Crippen LogP contribution >= 0.6 is 0 Å². The normalized spacial score (nSPS) is 10.1. The maximum Gasteiger partial charge on any atom is 0.306 e. The summed E-state index contributed by atoms with van der Waals surface area (Å²) in [5.74, 6) is -0.530. The van der Waals surface area contributed by atoms with Crippen LogP contribution in [0.4, 0.5) is 0 Å². The highest BCUT2D eigenvalue weighted by molar-refractivity contribution is 5.87. The molecule has 0 aliphatic rings. The summed E-state index contributed by atoms with van der Waals surface area (Å²) in [7, 11) is 0. The molecule has 0 aliphatic carbocycles. The van der Waals surface area contributed by atoms with E-state index in [1.54, 1.807) is 12.4 Å². The molecule has 2 rings (SSSR count). The monoisotopic (exact) mass is 204 g/mol. The van der Waals surface area contributed by atoms with Crippen LogP contribution in [0.5, 0.6) is 0 Å². The van der Waals surface area contributed by atoms with Gasteiger partial charge in [0.15, 0.2) is 0 Å². The first-order valence-corrected chi connectivity index (χ1v) is 4.27. The molecule has 0 spiro atoms. The summed E-state index contributed by atoms with van der Waals surface area (Å²) in [6.45, 7) is 0. The van der Waals surface area contributed by atoms with E-state index >= 15 is 0 Å². The number of nitrogens with zero attached hydrogens (tertiary/aromatic N) is 3. The van der Waals surface area contributed by atoms with E-state index in [4.69, 9.17) is 10.2 Å². The van der Waals surface area contributed by atoms with Crippen LogP contribution in [0.15, 0.2) is 28.9 Å². The van der Waals surface area contributed by atoms with Gasteiger partial charge < -0.3 is 10.2 Å². The second kappa shape index (κ2) is 3.87. The maximum atomic E-state index is 10.7. The summed E-state index contributed by atoms with van der Waals surface area (Å²) in [6, 6.07) is 3.66. The van der Waals surface area contributed by atoms with Crippen LogP contribution in [0.3, 0.4) is 0 Å². The summed E-state index contributed by atoms with van der Waals surface area (Å²) in [5.41, 5.74) is 5.95. The second-order valence-electron chi connectivity index (χ2n) is 2.90. The number of carbonyl (C=O) groups is 1. The molecule has 2 aromatic heterocycles. The van der Waals surface area contributed by atoms with E-state index in [1.165, 1.54) is 0 Å². The van der Waals surface area contributed by atoms with E-state index in [1.807, 2.05) is 12.1 Å². The first-order valence-electron chi connectivity index (χ1n) is 4.27. The summed E-state index contributed by atoms with van der Waals surface area (Å²) in [4.78, 5) is 14.6. The van der Waals surface area contributed by atoms with Gasteiger partial charge in [0, 0.05) is 12.4 Å². The molecule has 2 heterocycles. The number of pyridine rings is 1. The average Bonchev–Trinajstić information content (AvgIpc) is 2.68. The van der Waals surface area contributed by atoms with Gasteiger partial charge >= 0.3 is 11.8 Å². The van der Waals surface area contributed by atoms with Crippen molar-refractivity contribution >= 4 is 5.91 Å². The molecule has 0 saturated heterocycles. The predicted octanol–water partition coefficient (Wildman–Crippen LogP) is 0.154. The minimum atomic E-state index is -0.719. The largest absolute Gasteiger partial charge is 0.417 e. The third kappa shape index (κ3) is 2.16. The van der Waals surface area contributed by atoms with Gasteiger partial charge in [-0.25, -0.2) is 0 Å². The quantitative estimate of drug-likeness (QED) is 0.768. The van der Waals surface area contributed by atoms with Crippen molar-refractivity contribution in [2.75, 3.05) is 0 Å². The molecular formula is C9H8N4O2. The van der Waals surface area contributed by atoms with Gasteiger partial charge in [0.05, 0.1) is 6.42 Å². The second-order valence-corrected chi connectivity index (χ2v) is 2.90. The van der Waals surface area contributed by atoms with E-state index in [-0.39, 0.29) is 5.89 Å². The molecule has 0 aliphatic heterocycles. The zero-order valence-electron chi connectivity index (χ0n) is 7.75. The van der Waals surface area contributed by atoms with Crippen LogP contribution in [-0.2, 0) is 6.42 Å². The van der Waals surface area contributed by atoms with Crippen LogP contribution in [-0.4, -0.2) is 21.1 Å². The molecule has 0 aromatic carbocycles. The highest BCUT2D eigenvalue weighted by Gasteiger charge is 2.10. The van der Waals surface area contributed by atoms with Crippen molar-refractivity contribution in [2.45, 2.75) is 6.42 Å².